The van der Waals surface area contributed by atoms with Gasteiger partial charge in [0.05, 0.1) is 5.25 Å². The van der Waals surface area contributed by atoms with Crippen molar-refractivity contribution in [2.24, 2.45) is 0 Å². The number of thioether (sulfide) groups is 2. The predicted octanol–water partition coefficient (Wildman–Crippen LogP) is 2.83. The molecule has 0 bridgehead atoms. The van der Waals surface area contributed by atoms with Crippen molar-refractivity contribution in [1.82, 2.24) is 10.1 Å². The van der Waals surface area contributed by atoms with Crippen LogP contribution in [-0.4, -0.2) is 39.4 Å². The van der Waals surface area contributed by atoms with Gasteiger partial charge in [-0.2, -0.15) is 29.9 Å². The van der Waals surface area contributed by atoms with Crippen molar-refractivity contribution in [3.63, 3.8) is 0 Å². The molecule has 19 heavy (non-hydrogen) atoms. The summed E-state index contributed by atoms with van der Waals surface area (Å²) in [5.41, 5.74) is 0. The maximum atomic E-state index is 12.3. The maximum Gasteiger partial charge on any atom is 0.450 e. The number of halogens is 3. The molecule has 0 aromatic carbocycles. The van der Waals surface area contributed by atoms with Gasteiger partial charge in [-0.1, -0.05) is 5.16 Å². The first-order chi connectivity index (χ1) is 8.89. The Labute approximate surface area is 115 Å². The Morgan fingerprint density at radius 1 is 1.47 bits per heavy atom. The number of hydrogen-bond donors (Lipinski definition) is 0. The molecule has 1 aliphatic heterocycles. The van der Waals surface area contributed by atoms with Gasteiger partial charge in [0.2, 0.25) is 11.7 Å². The summed E-state index contributed by atoms with van der Waals surface area (Å²) in [6, 6.07) is 0. The van der Waals surface area contributed by atoms with E-state index in [9.17, 15) is 18.0 Å². The average molecular weight is 312 g/mol. The van der Waals surface area contributed by atoms with Gasteiger partial charge >= 0.3 is 6.18 Å². The van der Waals surface area contributed by atoms with E-state index in [4.69, 9.17) is 4.52 Å². The number of carbonyl (C=O) groups excluding carboxylic acids is 1. The summed E-state index contributed by atoms with van der Waals surface area (Å²) in [7, 11) is 0. The Morgan fingerprint density at radius 2 is 2.21 bits per heavy atom. The van der Waals surface area contributed by atoms with Crippen LogP contribution >= 0.6 is 23.5 Å². The second-order valence-corrected chi connectivity index (χ2v) is 6.47. The number of alkyl halides is 3. The predicted molar refractivity (Wildman–Crippen MR) is 66.3 cm³/mol. The molecule has 4 nitrogen and oxygen atoms in total. The number of carbonyl (C=O) groups is 1. The maximum absolute atomic E-state index is 12.3. The van der Waals surface area contributed by atoms with Gasteiger partial charge < -0.3 is 4.52 Å². The van der Waals surface area contributed by atoms with E-state index in [-0.39, 0.29) is 11.1 Å². The Bertz CT molecular complexity index is 458. The fourth-order valence-corrected chi connectivity index (χ4v) is 4.14. The number of aromatic nitrogens is 2. The first-order valence-corrected chi connectivity index (χ1v) is 7.74. The van der Waals surface area contributed by atoms with Crippen LogP contribution in [0, 0.1) is 0 Å². The first kappa shape index (κ1) is 14.7. The summed E-state index contributed by atoms with van der Waals surface area (Å²) < 4.78 is 41.7. The van der Waals surface area contributed by atoms with Gasteiger partial charge in [0.15, 0.2) is 5.82 Å². The smallest absolute Gasteiger partial charge is 0.339 e. The van der Waals surface area contributed by atoms with Crippen molar-refractivity contribution < 1.29 is 22.5 Å². The van der Waals surface area contributed by atoms with Gasteiger partial charge in [0.1, 0.15) is 5.92 Å². The number of hydrogen-bond acceptors (Lipinski definition) is 6. The average Bonchev–Trinajstić information content (AvgIpc) is 2.86. The van der Waals surface area contributed by atoms with Crippen LogP contribution in [0.4, 0.5) is 13.2 Å². The molecule has 2 heterocycles. The van der Waals surface area contributed by atoms with Crippen molar-refractivity contribution in [3.05, 3.63) is 11.7 Å². The van der Waals surface area contributed by atoms with Crippen molar-refractivity contribution in [3.8, 4) is 0 Å². The van der Waals surface area contributed by atoms with Crippen LogP contribution in [0.5, 0.6) is 0 Å². The van der Waals surface area contributed by atoms with E-state index in [1.54, 1.807) is 23.5 Å². The molecule has 0 radical (unpaired) electrons. The third-order valence-electron chi connectivity index (χ3n) is 2.60. The molecule has 1 fully saturated rings. The Kier molecular flexibility index (Phi) is 4.44. The van der Waals surface area contributed by atoms with E-state index in [2.05, 4.69) is 10.1 Å². The summed E-state index contributed by atoms with van der Waals surface area (Å²) in [5, 5.41) is 3.70. The molecule has 1 aliphatic rings. The fourth-order valence-electron chi connectivity index (χ4n) is 1.55. The molecule has 0 amide bonds. The van der Waals surface area contributed by atoms with Gasteiger partial charge in [0.25, 0.3) is 0 Å². The van der Waals surface area contributed by atoms with Crippen LogP contribution < -0.4 is 0 Å². The molecule has 1 saturated heterocycles. The van der Waals surface area contributed by atoms with Crippen LogP contribution in [0.2, 0.25) is 0 Å². The van der Waals surface area contributed by atoms with Crippen LogP contribution in [0.1, 0.15) is 29.8 Å². The topological polar surface area (TPSA) is 56.0 Å². The second kappa shape index (κ2) is 5.74. The Balaban J connectivity index is 2.10. The summed E-state index contributed by atoms with van der Waals surface area (Å²) in [4.78, 5) is 15.0. The van der Waals surface area contributed by atoms with Crippen molar-refractivity contribution in [2.45, 2.75) is 24.3 Å². The molecule has 0 saturated carbocycles. The van der Waals surface area contributed by atoms with Gasteiger partial charge in [0, 0.05) is 17.3 Å². The molecule has 9 heteroatoms. The van der Waals surface area contributed by atoms with E-state index in [1.165, 1.54) is 0 Å². The van der Waals surface area contributed by atoms with E-state index in [0.717, 1.165) is 24.2 Å². The molecular formula is C10H11F3N2O2S2. The highest BCUT2D eigenvalue weighted by atomic mass is 32.2. The zero-order chi connectivity index (χ0) is 14.0. The number of nitrogens with zero attached hydrogens (tertiary/aromatic N) is 2. The molecule has 2 rings (SSSR count). The lowest BCUT2D eigenvalue weighted by atomic mass is 10.1. The van der Waals surface area contributed by atoms with Crippen LogP contribution in [0.15, 0.2) is 4.52 Å². The van der Waals surface area contributed by atoms with Crippen molar-refractivity contribution in [1.29, 1.82) is 0 Å². The van der Waals surface area contributed by atoms with Crippen LogP contribution in [0.25, 0.3) is 0 Å². The zero-order valence-electron chi connectivity index (χ0n) is 9.94. The second-order valence-electron chi connectivity index (χ2n) is 4.01. The minimum atomic E-state index is -4.89. The van der Waals surface area contributed by atoms with Gasteiger partial charge in [-0.25, -0.2) is 0 Å². The summed E-state index contributed by atoms with van der Waals surface area (Å²) in [6.45, 7) is 1.12. The highest BCUT2D eigenvalue weighted by molar-refractivity contribution is 8.06. The van der Waals surface area contributed by atoms with E-state index >= 15 is 0 Å². The lowest BCUT2D eigenvalue weighted by molar-refractivity contribution is -0.172. The number of ketones is 1. The lowest BCUT2D eigenvalue weighted by Crippen LogP contribution is -2.27. The van der Waals surface area contributed by atoms with E-state index in [0.29, 0.717) is 5.82 Å². The molecule has 0 aliphatic carbocycles. The minimum Gasteiger partial charge on any atom is -0.339 e. The summed E-state index contributed by atoms with van der Waals surface area (Å²) in [6.07, 6.45) is -4.89. The molecule has 2 unspecified atom stereocenters. The molecule has 1 aromatic heterocycles. The summed E-state index contributed by atoms with van der Waals surface area (Å²) >= 11 is 3.38. The van der Waals surface area contributed by atoms with Gasteiger partial charge in [-0.15, -0.1) is 11.8 Å². The highest BCUT2D eigenvalue weighted by Gasteiger charge is 2.44. The van der Waals surface area contributed by atoms with E-state index < -0.39 is 17.9 Å². The molecule has 1 aromatic rings. The van der Waals surface area contributed by atoms with E-state index in [1.807, 2.05) is 0 Å². The molecular weight excluding hydrogens is 301 g/mol. The lowest BCUT2D eigenvalue weighted by Gasteiger charge is -2.17. The molecule has 2 atom stereocenters. The highest BCUT2D eigenvalue weighted by Crippen LogP contribution is 2.36. The minimum absolute atomic E-state index is 0.0180. The molecule has 0 N–H and O–H groups in total. The van der Waals surface area contributed by atoms with Crippen LogP contribution in [0.3, 0.4) is 0 Å². The third-order valence-corrected chi connectivity index (χ3v) is 5.36. The van der Waals surface area contributed by atoms with Crippen LogP contribution in [-0.2, 0) is 4.79 Å². The van der Waals surface area contributed by atoms with Gasteiger partial charge in [-0.05, 0) is 6.92 Å². The Hall–Kier alpha value is -0.700. The normalized spacial score (nSPS) is 22.2. The van der Waals surface area contributed by atoms with Crippen molar-refractivity contribution in [2.75, 3.05) is 17.3 Å². The monoisotopic (exact) mass is 312 g/mol. The first-order valence-electron chi connectivity index (χ1n) is 5.53. The SMILES string of the molecule is CC(C(=O)C(F)(F)F)c1nc(C2CSCCS2)no1. The molecule has 0 spiro atoms. The Morgan fingerprint density at radius 3 is 2.79 bits per heavy atom. The third kappa shape index (κ3) is 3.44. The van der Waals surface area contributed by atoms with Gasteiger partial charge in [-0.3, -0.25) is 4.79 Å². The van der Waals surface area contributed by atoms with Crippen molar-refractivity contribution >= 4 is 29.3 Å². The standard InChI is InChI=1S/C10H11F3N2O2S2/c1-5(7(16)10(11,12)13)9-14-8(15-17-9)6-4-18-2-3-19-6/h5-6H,2-4H2,1H3. The largest absolute Gasteiger partial charge is 0.450 e. The molecule has 106 valence electrons. The quantitative estimate of drug-likeness (QED) is 0.855. The summed E-state index contributed by atoms with van der Waals surface area (Å²) in [5.74, 6) is -0.450. The number of Topliss-reactive ketones (excluding diaryl/α,β-unsaturated/α-hetero) is 1. The fraction of sp³-hybridized carbons (Fsp3) is 0.700. The zero-order valence-corrected chi connectivity index (χ0v) is 11.6. The number of rotatable bonds is 3.